The fourth-order valence-electron chi connectivity index (χ4n) is 6.56. The van der Waals surface area contributed by atoms with E-state index in [9.17, 15) is 30.0 Å². The Kier molecular flexibility index (Phi) is 35.0. The van der Waals surface area contributed by atoms with Gasteiger partial charge in [-0.3, -0.25) is 9.59 Å². The second kappa shape index (κ2) is 37.9. The zero-order valence-corrected chi connectivity index (χ0v) is 35.8. The summed E-state index contributed by atoms with van der Waals surface area (Å²) >= 11 is 0. The zero-order chi connectivity index (χ0) is 41.6. The molecule has 0 aromatic carbocycles. The van der Waals surface area contributed by atoms with Crippen molar-refractivity contribution in [3.8, 4) is 0 Å². The van der Waals surface area contributed by atoms with Crippen molar-refractivity contribution < 1.29 is 49.0 Å². The standard InChI is InChI=1S/C47H82O10/c1-3-5-7-9-11-13-15-17-19-20-22-24-26-28-30-32-34-36-43(50)56-40(39-55-47-46(53)45(52)44(51)41(37-48)57-47)38-54-42(49)35-33-31-29-27-25-23-21-18-16-14-12-10-8-6-4-2/h11,13-14,16-19,21,40-41,44-48,51-53H,3-10,12,15,20,22-39H2,1-2H3/b13-11+,16-14+,19-17+,21-18+/t40-,41-,44+,45?,46?,47-/m1/s1. The summed E-state index contributed by atoms with van der Waals surface area (Å²) in [6.45, 7) is 3.35. The normalized spacial score (nSPS) is 20.7. The molecule has 2 unspecified atom stereocenters. The first kappa shape index (κ1) is 52.7. The number of aliphatic hydroxyl groups is 4. The summed E-state index contributed by atoms with van der Waals surface area (Å²) in [6, 6.07) is 0. The van der Waals surface area contributed by atoms with Crippen molar-refractivity contribution in [2.45, 2.75) is 218 Å². The Balaban J connectivity index is 2.35. The molecule has 0 amide bonds. The number of esters is 2. The van der Waals surface area contributed by atoms with E-state index in [1.807, 2.05) is 0 Å². The molecule has 1 rings (SSSR count). The van der Waals surface area contributed by atoms with Crippen molar-refractivity contribution in [3.63, 3.8) is 0 Å². The van der Waals surface area contributed by atoms with E-state index in [-0.39, 0.29) is 26.1 Å². The molecule has 6 atom stereocenters. The van der Waals surface area contributed by atoms with Gasteiger partial charge in [-0.05, 0) is 70.6 Å². The minimum absolute atomic E-state index is 0.216. The highest BCUT2D eigenvalue weighted by Crippen LogP contribution is 2.22. The van der Waals surface area contributed by atoms with Crippen LogP contribution in [0.4, 0.5) is 0 Å². The van der Waals surface area contributed by atoms with Gasteiger partial charge in [-0.2, -0.15) is 0 Å². The summed E-state index contributed by atoms with van der Waals surface area (Å²) in [5.41, 5.74) is 0. The summed E-state index contributed by atoms with van der Waals surface area (Å²) in [6.07, 6.45) is 36.8. The van der Waals surface area contributed by atoms with Gasteiger partial charge < -0.3 is 39.4 Å². The van der Waals surface area contributed by atoms with Gasteiger partial charge in [-0.1, -0.05) is 146 Å². The maximum atomic E-state index is 12.8. The molecule has 330 valence electrons. The third-order valence-corrected chi connectivity index (χ3v) is 10.2. The molecule has 0 saturated carbocycles. The predicted molar refractivity (Wildman–Crippen MR) is 229 cm³/mol. The van der Waals surface area contributed by atoms with E-state index >= 15 is 0 Å². The molecule has 1 aliphatic rings. The van der Waals surface area contributed by atoms with Gasteiger partial charge in [-0.15, -0.1) is 0 Å². The molecule has 10 nitrogen and oxygen atoms in total. The molecule has 1 heterocycles. The Hall–Kier alpha value is -2.34. The lowest BCUT2D eigenvalue weighted by Crippen LogP contribution is -2.59. The molecule has 0 aromatic heterocycles. The molecule has 57 heavy (non-hydrogen) atoms. The molecule has 1 saturated heterocycles. The smallest absolute Gasteiger partial charge is 0.306 e. The van der Waals surface area contributed by atoms with E-state index < -0.39 is 55.4 Å². The van der Waals surface area contributed by atoms with Crippen molar-refractivity contribution in [2.24, 2.45) is 0 Å². The minimum atomic E-state index is -1.60. The molecule has 0 aliphatic carbocycles. The maximum Gasteiger partial charge on any atom is 0.306 e. The van der Waals surface area contributed by atoms with Gasteiger partial charge in [0.1, 0.15) is 31.0 Å². The largest absolute Gasteiger partial charge is 0.462 e. The van der Waals surface area contributed by atoms with Crippen molar-refractivity contribution in [3.05, 3.63) is 48.6 Å². The molecule has 4 N–H and O–H groups in total. The van der Waals surface area contributed by atoms with Crippen LogP contribution in [0.5, 0.6) is 0 Å². The van der Waals surface area contributed by atoms with E-state index in [0.717, 1.165) is 70.6 Å². The van der Waals surface area contributed by atoms with E-state index in [4.69, 9.17) is 18.9 Å². The SMILES string of the molecule is CCCCC/C=C/C/C=C/CCCCCCCCCC(=O)O[C@H](COC(=O)CCCCCCC/C=C/C=C/CCCCCC)CO[C@@H]1O[C@H](CO)[C@H](O)C(O)C1O. The molecule has 10 heteroatoms. The van der Waals surface area contributed by atoms with Gasteiger partial charge in [0.05, 0.1) is 13.2 Å². The van der Waals surface area contributed by atoms with Crippen molar-refractivity contribution in [1.82, 2.24) is 0 Å². The molecule has 1 aliphatic heterocycles. The molecule has 1 fully saturated rings. The van der Waals surface area contributed by atoms with E-state index in [1.54, 1.807) is 0 Å². The van der Waals surface area contributed by atoms with Gasteiger partial charge in [0.25, 0.3) is 0 Å². The van der Waals surface area contributed by atoms with E-state index in [1.165, 1.54) is 70.6 Å². The molecule has 0 bridgehead atoms. The molecular weight excluding hydrogens is 725 g/mol. The van der Waals surface area contributed by atoms with E-state index in [0.29, 0.717) is 12.8 Å². The number of unbranched alkanes of at least 4 members (excludes halogenated alkanes) is 19. The second-order valence-corrected chi connectivity index (χ2v) is 15.5. The molecular formula is C47H82O10. The lowest BCUT2D eigenvalue weighted by atomic mass is 9.99. The number of carbonyl (C=O) groups is 2. The third-order valence-electron chi connectivity index (χ3n) is 10.2. The number of hydrogen-bond donors (Lipinski definition) is 4. The highest BCUT2D eigenvalue weighted by atomic mass is 16.7. The van der Waals surface area contributed by atoms with Crippen molar-refractivity contribution in [1.29, 1.82) is 0 Å². The lowest BCUT2D eigenvalue weighted by molar-refractivity contribution is -0.305. The van der Waals surface area contributed by atoms with Crippen LogP contribution in [-0.2, 0) is 28.5 Å². The van der Waals surface area contributed by atoms with Crippen molar-refractivity contribution in [2.75, 3.05) is 19.8 Å². The topological polar surface area (TPSA) is 152 Å². The Morgan fingerprint density at radius 1 is 0.561 bits per heavy atom. The molecule has 0 spiro atoms. The number of ether oxygens (including phenoxy) is 4. The summed E-state index contributed by atoms with van der Waals surface area (Å²) in [4.78, 5) is 25.3. The van der Waals surface area contributed by atoms with Crippen LogP contribution in [0.2, 0.25) is 0 Å². The summed E-state index contributed by atoms with van der Waals surface area (Å²) < 4.78 is 22.1. The van der Waals surface area contributed by atoms with Gasteiger partial charge >= 0.3 is 11.9 Å². The number of rotatable bonds is 37. The van der Waals surface area contributed by atoms with Gasteiger partial charge in [-0.25, -0.2) is 0 Å². The third kappa shape index (κ3) is 29.5. The van der Waals surface area contributed by atoms with Crippen LogP contribution >= 0.6 is 0 Å². The second-order valence-electron chi connectivity index (χ2n) is 15.5. The summed E-state index contributed by atoms with van der Waals surface area (Å²) in [5.74, 6) is -0.834. The Bertz CT molecular complexity index is 1070. The fourth-order valence-corrected chi connectivity index (χ4v) is 6.56. The quantitative estimate of drug-likeness (QED) is 0.0207. The fraction of sp³-hybridized carbons (Fsp3) is 0.787. The van der Waals surface area contributed by atoms with Gasteiger partial charge in [0.15, 0.2) is 12.4 Å². The van der Waals surface area contributed by atoms with Gasteiger partial charge in [0.2, 0.25) is 0 Å². The number of hydrogen-bond acceptors (Lipinski definition) is 10. The van der Waals surface area contributed by atoms with Crippen LogP contribution in [0.15, 0.2) is 48.6 Å². The first-order valence-corrected chi connectivity index (χ1v) is 22.7. The van der Waals surface area contributed by atoms with Crippen LogP contribution in [0.25, 0.3) is 0 Å². The van der Waals surface area contributed by atoms with Gasteiger partial charge in [0, 0.05) is 12.8 Å². The average molecular weight is 807 g/mol. The first-order valence-electron chi connectivity index (χ1n) is 22.7. The average Bonchev–Trinajstić information content (AvgIpc) is 3.21. The molecule has 0 aromatic rings. The zero-order valence-electron chi connectivity index (χ0n) is 35.8. The van der Waals surface area contributed by atoms with Crippen LogP contribution in [0.3, 0.4) is 0 Å². The monoisotopic (exact) mass is 807 g/mol. The number of aliphatic hydroxyl groups excluding tert-OH is 4. The summed E-state index contributed by atoms with van der Waals surface area (Å²) in [5, 5.41) is 40.1. The first-order chi connectivity index (χ1) is 27.8. The number of allylic oxidation sites excluding steroid dienone is 8. The van der Waals surface area contributed by atoms with Crippen LogP contribution in [0, 0.1) is 0 Å². The maximum absolute atomic E-state index is 12.8. The Morgan fingerprint density at radius 3 is 1.60 bits per heavy atom. The van der Waals surface area contributed by atoms with Crippen molar-refractivity contribution >= 4 is 11.9 Å². The Morgan fingerprint density at radius 2 is 1.04 bits per heavy atom. The van der Waals surface area contributed by atoms with E-state index in [2.05, 4.69) is 62.5 Å². The Labute approximate surface area is 346 Å². The van der Waals surface area contributed by atoms with Crippen LogP contribution in [0.1, 0.15) is 181 Å². The summed E-state index contributed by atoms with van der Waals surface area (Å²) in [7, 11) is 0. The number of carbonyl (C=O) groups excluding carboxylic acids is 2. The van der Waals surface area contributed by atoms with Crippen LogP contribution < -0.4 is 0 Å². The molecule has 0 radical (unpaired) electrons. The highest BCUT2D eigenvalue weighted by Gasteiger charge is 2.44. The highest BCUT2D eigenvalue weighted by molar-refractivity contribution is 5.70. The van der Waals surface area contributed by atoms with Crippen LogP contribution in [-0.4, -0.2) is 89.0 Å². The predicted octanol–water partition coefficient (Wildman–Crippen LogP) is 9.67. The minimum Gasteiger partial charge on any atom is -0.462 e. The lowest BCUT2D eigenvalue weighted by Gasteiger charge is -2.39.